The van der Waals surface area contributed by atoms with Gasteiger partial charge in [-0.25, -0.2) is 9.78 Å². The van der Waals surface area contributed by atoms with Crippen molar-refractivity contribution in [1.82, 2.24) is 9.97 Å². The van der Waals surface area contributed by atoms with E-state index in [-0.39, 0.29) is 12.2 Å². The van der Waals surface area contributed by atoms with Crippen molar-refractivity contribution in [3.05, 3.63) is 36.0 Å². The molecule has 1 amide bonds. The Kier molecular flexibility index (Phi) is 7.50. The van der Waals surface area contributed by atoms with Crippen molar-refractivity contribution in [2.24, 2.45) is 5.73 Å². The summed E-state index contributed by atoms with van der Waals surface area (Å²) in [6, 6.07) is 7.26. The molecule has 0 atom stereocenters. The van der Waals surface area contributed by atoms with Crippen molar-refractivity contribution in [1.29, 1.82) is 0 Å². The fraction of sp³-hybridized carbons (Fsp3) is 0.478. The van der Waals surface area contributed by atoms with Crippen molar-refractivity contribution in [3.63, 3.8) is 0 Å². The molecule has 3 rings (SSSR count). The van der Waals surface area contributed by atoms with E-state index in [1.54, 1.807) is 45.0 Å². The van der Waals surface area contributed by atoms with Gasteiger partial charge in [-0.15, -0.1) is 0 Å². The lowest BCUT2D eigenvalue weighted by molar-refractivity contribution is -0.157. The third-order valence-corrected chi connectivity index (χ3v) is 4.89. The van der Waals surface area contributed by atoms with Gasteiger partial charge in [0.15, 0.2) is 6.61 Å². The van der Waals surface area contributed by atoms with Crippen LogP contribution in [0.15, 0.2) is 30.5 Å². The maximum Gasteiger partial charge on any atom is 0.344 e. The number of carbonyl (C=O) groups is 2. The van der Waals surface area contributed by atoms with E-state index in [9.17, 15) is 9.59 Å². The van der Waals surface area contributed by atoms with Crippen molar-refractivity contribution < 1.29 is 19.1 Å². The van der Waals surface area contributed by atoms with Gasteiger partial charge in [0.1, 0.15) is 22.7 Å². The van der Waals surface area contributed by atoms with Crippen LogP contribution in [0.25, 0.3) is 0 Å². The van der Waals surface area contributed by atoms with Crippen LogP contribution in [0, 0.1) is 0 Å². The summed E-state index contributed by atoms with van der Waals surface area (Å²) in [5.41, 5.74) is 5.81. The fourth-order valence-electron chi connectivity index (χ4n) is 3.44. The number of nitrogens with one attached hydrogen (secondary N) is 2. The molecule has 1 fully saturated rings. The topological polar surface area (TPSA) is 128 Å². The van der Waals surface area contributed by atoms with E-state index in [2.05, 4.69) is 20.6 Å². The second-order valence-corrected chi connectivity index (χ2v) is 8.82. The summed E-state index contributed by atoms with van der Waals surface area (Å²) in [4.78, 5) is 32.3. The predicted molar refractivity (Wildman–Crippen MR) is 122 cm³/mol. The van der Waals surface area contributed by atoms with Gasteiger partial charge in [0.05, 0.1) is 0 Å². The van der Waals surface area contributed by atoms with Crippen molar-refractivity contribution in [2.45, 2.75) is 64.5 Å². The molecule has 2 aromatic rings. The van der Waals surface area contributed by atoms with Gasteiger partial charge in [0.25, 0.3) is 5.91 Å². The predicted octanol–water partition coefficient (Wildman–Crippen LogP) is 3.78. The van der Waals surface area contributed by atoms with E-state index >= 15 is 0 Å². The molecule has 1 heterocycles. The first-order valence-electron chi connectivity index (χ1n) is 10.8. The first kappa shape index (κ1) is 23.3. The van der Waals surface area contributed by atoms with Crippen LogP contribution in [0.5, 0.6) is 5.75 Å². The lowest BCUT2D eigenvalue weighted by atomic mass is 9.96. The maximum atomic E-state index is 11.8. The minimum atomic E-state index is -0.617. The summed E-state index contributed by atoms with van der Waals surface area (Å²) in [6.45, 7) is 5.22. The third kappa shape index (κ3) is 7.11. The zero-order valence-corrected chi connectivity index (χ0v) is 18.8. The Bertz CT molecular complexity index is 934. The van der Waals surface area contributed by atoms with Crippen molar-refractivity contribution in [3.8, 4) is 5.75 Å². The fourth-order valence-corrected chi connectivity index (χ4v) is 3.44. The Labute approximate surface area is 188 Å². The molecule has 0 bridgehead atoms. The lowest BCUT2D eigenvalue weighted by Crippen LogP contribution is -2.27. The zero-order chi connectivity index (χ0) is 23.1. The second-order valence-electron chi connectivity index (χ2n) is 8.82. The summed E-state index contributed by atoms with van der Waals surface area (Å²) >= 11 is 0. The summed E-state index contributed by atoms with van der Waals surface area (Å²) in [7, 11) is 0. The van der Waals surface area contributed by atoms with Gasteiger partial charge in [0.2, 0.25) is 5.95 Å². The van der Waals surface area contributed by atoms with E-state index in [4.69, 9.17) is 15.2 Å². The highest BCUT2D eigenvalue weighted by atomic mass is 16.6. The van der Waals surface area contributed by atoms with Crippen LogP contribution in [0.3, 0.4) is 0 Å². The molecule has 172 valence electrons. The van der Waals surface area contributed by atoms with Crippen LogP contribution < -0.4 is 21.1 Å². The Morgan fingerprint density at radius 2 is 1.81 bits per heavy atom. The smallest absolute Gasteiger partial charge is 0.344 e. The van der Waals surface area contributed by atoms with Crippen LogP contribution in [0.1, 0.15) is 63.2 Å². The minimum Gasteiger partial charge on any atom is -0.482 e. The average Bonchev–Trinajstić information content (AvgIpc) is 2.73. The molecule has 1 aromatic carbocycles. The van der Waals surface area contributed by atoms with Crippen molar-refractivity contribution in [2.75, 3.05) is 17.2 Å². The number of aromatic nitrogens is 2. The zero-order valence-electron chi connectivity index (χ0n) is 18.8. The van der Waals surface area contributed by atoms with E-state index in [0.29, 0.717) is 29.2 Å². The van der Waals surface area contributed by atoms with E-state index in [1.165, 1.54) is 25.5 Å². The summed E-state index contributed by atoms with van der Waals surface area (Å²) in [5.74, 6) is 0.243. The highest BCUT2D eigenvalue weighted by molar-refractivity contribution is 5.98. The molecule has 0 aliphatic heterocycles. The molecule has 9 nitrogen and oxygen atoms in total. The molecule has 1 aliphatic carbocycles. The van der Waals surface area contributed by atoms with E-state index in [0.717, 1.165) is 12.8 Å². The van der Waals surface area contributed by atoms with Crippen LogP contribution in [-0.2, 0) is 9.53 Å². The van der Waals surface area contributed by atoms with E-state index in [1.807, 2.05) is 0 Å². The standard InChI is InChI=1S/C23H31N5O4/c1-23(2,3)32-19(29)14-31-17-11-9-16(10-12-17)26-21-18(20(24)30)13-25-22(28-21)27-15-7-5-4-6-8-15/h9-13,15H,4-8,14H2,1-3H3,(H2,24,30)(H2,25,26,27,28). The number of anilines is 3. The second kappa shape index (κ2) is 10.3. The SMILES string of the molecule is CC(C)(C)OC(=O)COc1ccc(Nc2nc(NC3CCCCC3)ncc2C(N)=O)cc1. The molecule has 1 aromatic heterocycles. The lowest BCUT2D eigenvalue weighted by Gasteiger charge is -2.23. The van der Waals surface area contributed by atoms with E-state index < -0.39 is 17.5 Å². The van der Waals surface area contributed by atoms with Gasteiger partial charge in [-0.2, -0.15) is 4.98 Å². The Balaban J connectivity index is 1.65. The van der Waals surface area contributed by atoms with Gasteiger partial charge in [-0.05, 0) is 57.9 Å². The monoisotopic (exact) mass is 441 g/mol. The number of amides is 1. The van der Waals surface area contributed by atoms with Gasteiger partial charge in [-0.1, -0.05) is 19.3 Å². The first-order valence-corrected chi connectivity index (χ1v) is 10.8. The van der Waals surface area contributed by atoms with Gasteiger partial charge >= 0.3 is 5.97 Å². The highest BCUT2D eigenvalue weighted by Crippen LogP contribution is 2.24. The number of ether oxygens (including phenoxy) is 2. The molecule has 0 saturated heterocycles. The summed E-state index contributed by atoms with van der Waals surface area (Å²) in [5, 5.41) is 6.46. The van der Waals surface area contributed by atoms with Gasteiger partial charge < -0.3 is 25.8 Å². The number of hydrogen-bond donors (Lipinski definition) is 3. The molecular weight excluding hydrogens is 410 g/mol. The van der Waals surface area contributed by atoms with Crippen LogP contribution in [0.2, 0.25) is 0 Å². The van der Waals surface area contributed by atoms with Crippen LogP contribution in [-0.4, -0.2) is 40.1 Å². The van der Waals surface area contributed by atoms with Crippen molar-refractivity contribution >= 4 is 29.3 Å². The van der Waals surface area contributed by atoms with Crippen LogP contribution >= 0.6 is 0 Å². The Morgan fingerprint density at radius 3 is 2.44 bits per heavy atom. The molecule has 1 aliphatic rings. The maximum absolute atomic E-state index is 11.8. The number of primary amides is 1. The minimum absolute atomic E-state index is 0.183. The molecule has 9 heteroatoms. The molecular formula is C23H31N5O4. The normalized spacial score (nSPS) is 14.5. The Morgan fingerprint density at radius 1 is 1.12 bits per heavy atom. The summed E-state index contributed by atoms with van der Waals surface area (Å²) < 4.78 is 10.7. The van der Waals surface area contributed by atoms with Gasteiger partial charge in [0, 0.05) is 17.9 Å². The number of nitrogens with two attached hydrogens (primary N) is 1. The molecule has 0 spiro atoms. The number of esters is 1. The first-order chi connectivity index (χ1) is 15.2. The van der Waals surface area contributed by atoms with Crippen LogP contribution in [0.4, 0.5) is 17.5 Å². The molecule has 4 N–H and O–H groups in total. The number of nitrogens with zero attached hydrogens (tertiary/aromatic N) is 2. The molecule has 0 unspecified atom stereocenters. The molecule has 1 saturated carbocycles. The van der Waals surface area contributed by atoms with Gasteiger partial charge in [-0.3, -0.25) is 4.79 Å². The highest BCUT2D eigenvalue weighted by Gasteiger charge is 2.18. The quantitative estimate of drug-likeness (QED) is 0.528. The summed E-state index contributed by atoms with van der Waals surface area (Å²) in [6.07, 6.45) is 7.21. The Hall–Kier alpha value is -3.36. The molecule has 0 radical (unpaired) electrons. The average molecular weight is 442 g/mol. The largest absolute Gasteiger partial charge is 0.482 e. The number of rotatable bonds is 8. The number of carbonyl (C=O) groups excluding carboxylic acids is 2. The number of benzene rings is 1. The third-order valence-electron chi connectivity index (χ3n) is 4.89. The number of hydrogen-bond acceptors (Lipinski definition) is 8. The molecule has 32 heavy (non-hydrogen) atoms.